The van der Waals surface area contributed by atoms with Crippen LogP contribution >= 0.6 is 0 Å². The number of nitrogens with one attached hydrogen (secondary N) is 1. The van der Waals surface area contributed by atoms with Crippen molar-refractivity contribution in [3.05, 3.63) is 29.8 Å². The number of hydrogen-bond donors (Lipinski definition) is 1. The van der Waals surface area contributed by atoms with Gasteiger partial charge in [-0.15, -0.1) is 0 Å². The minimum atomic E-state index is -3.25. The number of rotatable bonds is 6. The van der Waals surface area contributed by atoms with Crippen LogP contribution in [0.3, 0.4) is 0 Å². The molecule has 0 aliphatic rings. The molecule has 5 heteroatoms. The molecular weight excluding hydrogens is 248 g/mol. The lowest BCUT2D eigenvalue weighted by Crippen LogP contribution is -2.35. The zero-order valence-electron chi connectivity index (χ0n) is 11.5. The van der Waals surface area contributed by atoms with E-state index in [1.54, 1.807) is 13.1 Å². The molecule has 0 radical (unpaired) electrons. The first-order chi connectivity index (χ1) is 8.33. The molecule has 0 atom stereocenters. The fraction of sp³-hybridized carbons (Fsp3) is 0.538. The summed E-state index contributed by atoms with van der Waals surface area (Å²) in [5.74, 6) is 0.107. The van der Waals surface area contributed by atoms with E-state index in [9.17, 15) is 8.42 Å². The average molecular weight is 270 g/mol. The third kappa shape index (κ3) is 4.31. The van der Waals surface area contributed by atoms with Crippen LogP contribution in [0.2, 0.25) is 0 Å². The van der Waals surface area contributed by atoms with Gasteiger partial charge in [0.1, 0.15) is 0 Å². The van der Waals surface area contributed by atoms with Crippen molar-refractivity contribution in [2.75, 3.05) is 23.7 Å². The van der Waals surface area contributed by atoms with E-state index in [2.05, 4.69) is 5.32 Å². The van der Waals surface area contributed by atoms with Gasteiger partial charge in [0.25, 0.3) is 0 Å². The lowest BCUT2D eigenvalue weighted by Gasteiger charge is -2.20. The van der Waals surface area contributed by atoms with Crippen molar-refractivity contribution in [3.8, 4) is 0 Å². The number of hydrogen-bond acceptors (Lipinski definition) is 3. The summed E-state index contributed by atoms with van der Waals surface area (Å²) in [6, 6.07) is 7.78. The molecule has 0 aliphatic heterocycles. The van der Waals surface area contributed by atoms with Crippen LogP contribution in [-0.4, -0.2) is 33.8 Å². The normalized spacial score (nSPS) is 11.8. The standard InChI is InChI=1S/C13H22N2O2S/c1-11(2)14-8-9-18(16,17)15(4)13-7-5-6-12(3)10-13/h5-7,10-11,14H,8-9H2,1-4H3. The summed E-state index contributed by atoms with van der Waals surface area (Å²) in [5.41, 5.74) is 1.76. The highest BCUT2D eigenvalue weighted by molar-refractivity contribution is 7.92. The van der Waals surface area contributed by atoms with Gasteiger partial charge in [-0.2, -0.15) is 0 Å². The number of anilines is 1. The van der Waals surface area contributed by atoms with Crippen molar-refractivity contribution in [2.45, 2.75) is 26.8 Å². The lowest BCUT2D eigenvalue weighted by atomic mass is 10.2. The summed E-state index contributed by atoms with van der Waals surface area (Å²) in [7, 11) is -1.66. The van der Waals surface area contributed by atoms with Crippen molar-refractivity contribution in [3.63, 3.8) is 0 Å². The Morgan fingerprint density at radius 3 is 2.56 bits per heavy atom. The third-order valence-electron chi connectivity index (χ3n) is 2.70. The highest BCUT2D eigenvalue weighted by Gasteiger charge is 2.17. The highest BCUT2D eigenvalue weighted by Crippen LogP contribution is 2.17. The number of benzene rings is 1. The molecule has 0 fully saturated rings. The maximum atomic E-state index is 12.1. The van der Waals surface area contributed by atoms with Crippen molar-refractivity contribution < 1.29 is 8.42 Å². The summed E-state index contributed by atoms with van der Waals surface area (Å²) in [6.45, 7) is 6.41. The molecule has 0 bridgehead atoms. The Hall–Kier alpha value is -1.07. The molecule has 4 nitrogen and oxygen atoms in total. The van der Waals surface area contributed by atoms with Gasteiger partial charge in [0, 0.05) is 19.6 Å². The minimum absolute atomic E-state index is 0.107. The summed E-state index contributed by atoms with van der Waals surface area (Å²) in [4.78, 5) is 0. The maximum absolute atomic E-state index is 12.1. The molecule has 0 heterocycles. The van der Waals surface area contributed by atoms with Crippen molar-refractivity contribution in [1.29, 1.82) is 0 Å². The summed E-state index contributed by atoms with van der Waals surface area (Å²) < 4.78 is 25.6. The SMILES string of the molecule is Cc1cccc(N(C)S(=O)(=O)CCNC(C)C)c1. The molecule has 1 aromatic carbocycles. The van der Waals surface area contributed by atoms with Crippen LogP contribution in [-0.2, 0) is 10.0 Å². The number of sulfonamides is 1. The largest absolute Gasteiger partial charge is 0.313 e. The number of aryl methyl sites for hydroxylation is 1. The van der Waals surface area contributed by atoms with Gasteiger partial charge >= 0.3 is 0 Å². The Morgan fingerprint density at radius 1 is 1.33 bits per heavy atom. The molecule has 0 aliphatic carbocycles. The second-order valence-electron chi connectivity index (χ2n) is 4.73. The highest BCUT2D eigenvalue weighted by atomic mass is 32.2. The van der Waals surface area contributed by atoms with E-state index < -0.39 is 10.0 Å². The molecule has 1 aromatic rings. The van der Waals surface area contributed by atoms with Crippen molar-refractivity contribution in [1.82, 2.24) is 5.32 Å². The average Bonchev–Trinajstić information content (AvgIpc) is 2.27. The van der Waals surface area contributed by atoms with Crippen LogP contribution in [0.15, 0.2) is 24.3 Å². The second-order valence-corrected chi connectivity index (χ2v) is 6.85. The first-order valence-corrected chi connectivity index (χ1v) is 7.70. The topological polar surface area (TPSA) is 49.4 Å². The van der Waals surface area contributed by atoms with Crippen LogP contribution in [0.4, 0.5) is 5.69 Å². The van der Waals surface area contributed by atoms with E-state index in [0.717, 1.165) is 5.56 Å². The molecular formula is C13H22N2O2S. The third-order valence-corrected chi connectivity index (χ3v) is 4.46. The summed E-state index contributed by atoms with van der Waals surface area (Å²) in [6.07, 6.45) is 0. The van der Waals surface area contributed by atoms with Crippen molar-refractivity contribution in [2.24, 2.45) is 0 Å². The van der Waals surface area contributed by atoms with Crippen LogP contribution < -0.4 is 9.62 Å². The summed E-state index contributed by atoms with van der Waals surface area (Å²) in [5, 5.41) is 3.11. The van der Waals surface area contributed by atoms with Gasteiger partial charge in [-0.05, 0) is 24.6 Å². The van der Waals surface area contributed by atoms with E-state index in [-0.39, 0.29) is 5.75 Å². The van der Waals surface area contributed by atoms with Crippen molar-refractivity contribution >= 4 is 15.7 Å². The van der Waals surface area contributed by atoms with Gasteiger partial charge in [0.2, 0.25) is 10.0 Å². The fourth-order valence-electron chi connectivity index (χ4n) is 1.60. The Kier molecular flexibility index (Phi) is 5.16. The molecule has 1 rings (SSSR count). The van der Waals surface area contributed by atoms with E-state index in [1.165, 1.54) is 4.31 Å². The predicted molar refractivity (Wildman–Crippen MR) is 76.5 cm³/mol. The smallest absolute Gasteiger partial charge is 0.236 e. The van der Waals surface area contributed by atoms with E-state index >= 15 is 0 Å². The van der Waals surface area contributed by atoms with Gasteiger partial charge in [-0.3, -0.25) is 4.31 Å². The molecule has 18 heavy (non-hydrogen) atoms. The second kappa shape index (κ2) is 6.20. The zero-order chi connectivity index (χ0) is 13.8. The van der Waals surface area contributed by atoms with Gasteiger partial charge in [0.05, 0.1) is 11.4 Å². The first-order valence-electron chi connectivity index (χ1n) is 6.09. The number of nitrogens with zero attached hydrogens (tertiary/aromatic N) is 1. The quantitative estimate of drug-likeness (QED) is 0.857. The minimum Gasteiger partial charge on any atom is -0.313 e. The first kappa shape index (κ1) is 15.0. The van der Waals surface area contributed by atoms with Gasteiger partial charge in [-0.1, -0.05) is 26.0 Å². The molecule has 0 saturated carbocycles. The molecule has 1 N–H and O–H groups in total. The predicted octanol–water partition coefficient (Wildman–Crippen LogP) is 1.76. The fourth-order valence-corrected chi connectivity index (χ4v) is 2.68. The zero-order valence-corrected chi connectivity index (χ0v) is 12.3. The lowest BCUT2D eigenvalue weighted by molar-refractivity contribution is 0.577. The van der Waals surface area contributed by atoms with Gasteiger partial charge in [0.15, 0.2) is 0 Å². The monoisotopic (exact) mass is 270 g/mol. The maximum Gasteiger partial charge on any atom is 0.236 e. The van der Waals surface area contributed by atoms with E-state index in [1.807, 2.05) is 39.0 Å². The Bertz CT molecular complexity index is 484. The molecule has 0 amide bonds. The molecule has 102 valence electrons. The summed E-state index contributed by atoms with van der Waals surface area (Å²) >= 11 is 0. The Balaban J connectivity index is 2.73. The van der Waals surface area contributed by atoms with Crippen LogP contribution in [0.5, 0.6) is 0 Å². The molecule has 0 aromatic heterocycles. The van der Waals surface area contributed by atoms with Crippen LogP contribution in [0.25, 0.3) is 0 Å². The molecule has 0 spiro atoms. The Labute approximate surface area is 110 Å². The Morgan fingerprint density at radius 2 is 2.00 bits per heavy atom. The van der Waals surface area contributed by atoms with Gasteiger partial charge < -0.3 is 5.32 Å². The van der Waals surface area contributed by atoms with E-state index in [0.29, 0.717) is 18.3 Å². The molecule has 0 saturated heterocycles. The van der Waals surface area contributed by atoms with Crippen LogP contribution in [0, 0.1) is 6.92 Å². The van der Waals surface area contributed by atoms with Crippen LogP contribution in [0.1, 0.15) is 19.4 Å². The van der Waals surface area contributed by atoms with Gasteiger partial charge in [-0.25, -0.2) is 8.42 Å². The van der Waals surface area contributed by atoms with E-state index in [4.69, 9.17) is 0 Å². The molecule has 0 unspecified atom stereocenters.